The lowest BCUT2D eigenvalue weighted by Gasteiger charge is -2.19. The first-order valence-electron chi connectivity index (χ1n) is 5.03. The Morgan fingerprint density at radius 3 is 2.38 bits per heavy atom. The maximum atomic E-state index is 5.73. The van der Waals surface area contributed by atoms with Crippen molar-refractivity contribution in [3.8, 4) is 0 Å². The number of hydrogen-bond acceptors (Lipinski definition) is 2. The predicted octanol–water partition coefficient (Wildman–Crippen LogP) is 2.17. The summed E-state index contributed by atoms with van der Waals surface area (Å²) < 4.78 is 5.73. The summed E-state index contributed by atoms with van der Waals surface area (Å²) in [6.07, 6.45) is 1.19. The number of nitrogens with zero attached hydrogens (tertiary/aromatic N) is 1. The Morgan fingerprint density at radius 2 is 1.92 bits per heavy atom. The molecule has 0 aromatic heterocycles. The van der Waals surface area contributed by atoms with Gasteiger partial charge in [0.1, 0.15) is 0 Å². The molecule has 0 saturated heterocycles. The lowest BCUT2D eigenvalue weighted by atomic mass is 10.2. The third-order valence-electron chi connectivity index (χ3n) is 1.52. The molecule has 3 heteroatoms. The van der Waals surface area contributed by atoms with Gasteiger partial charge in [0.2, 0.25) is 0 Å². The van der Waals surface area contributed by atoms with Gasteiger partial charge in [-0.25, -0.2) is 0 Å². The average molecular weight is 201 g/mol. The fraction of sp³-hybridized carbons (Fsp3) is 0.900. The molecular weight excluding hydrogens is 178 g/mol. The van der Waals surface area contributed by atoms with Crippen LogP contribution in [-0.2, 0) is 4.43 Å². The summed E-state index contributed by atoms with van der Waals surface area (Å²) in [7, 11) is -0.307. The van der Waals surface area contributed by atoms with Gasteiger partial charge in [0.25, 0.3) is 0 Å². The maximum absolute atomic E-state index is 5.73. The largest absolute Gasteiger partial charge is 0.419 e. The van der Waals surface area contributed by atoms with Gasteiger partial charge in [0, 0.05) is 17.9 Å². The van der Waals surface area contributed by atoms with Crippen LogP contribution in [-0.4, -0.2) is 27.6 Å². The highest BCUT2D eigenvalue weighted by Crippen LogP contribution is 2.06. The number of rotatable bonds is 5. The van der Waals surface area contributed by atoms with E-state index in [1.54, 1.807) is 0 Å². The fourth-order valence-electron chi connectivity index (χ4n) is 0.895. The molecule has 0 atom stereocenters. The Balaban J connectivity index is 3.23. The molecule has 0 fully saturated rings. The Hall–Kier alpha value is -0.153. The van der Waals surface area contributed by atoms with Crippen molar-refractivity contribution in [1.29, 1.82) is 0 Å². The first-order valence-corrected chi connectivity index (χ1v) is 6.61. The highest BCUT2D eigenvalue weighted by molar-refractivity contribution is 6.27. The van der Waals surface area contributed by atoms with E-state index in [1.165, 1.54) is 18.2 Å². The molecule has 0 aliphatic rings. The van der Waals surface area contributed by atoms with E-state index in [2.05, 4.69) is 25.8 Å². The van der Waals surface area contributed by atoms with Gasteiger partial charge in [0.05, 0.1) is 0 Å². The van der Waals surface area contributed by atoms with Crippen LogP contribution in [0.3, 0.4) is 0 Å². The van der Waals surface area contributed by atoms with Crippen molar-refractivity contribution < 1.29 is 4.43 Å². The summed E-state index contributed by atoms with van der Waals surface area (Å²) >= 11 is 0. The third kappa shape index (κ3) is 11.8. The lowest BCUT2D eigenvalue weighted by molar-refractivity contribution is 0.138. The summed E-state index contributed by atoms with van der Waals surface area (Å²) in [5.41, 5.74) is 1.24. The molecule has 78 valence electrons. The molecule has 0 aliphatic heterocycles. The van der Waals surface area contributed by atoms with Crippen LogP contribution in [0.2, 0.25) is 6.04 Å². The molecule has 0 heterocycles. The maximum Gasteiger partial charge on any atom is 0.162 e. The van der Waals surface area contributed by atoms with Crippen LogP contribution in [0.1, 0.15) is 41.0 Å². The molecule has 0 aliphatic carbocycles. The van der Waals surface area contributed by atoms with Crippen molar-refractivity contribution in [2.24, 2.45) is 4.99 Å². The molecule has 0 radical (unpaired) electrons. The molecule has 2 nitrogen and oxygen atoms in total. The Bertz CT molecular complexity index is 157. The minimum Gasteiger partial charge on any atom is -0.419 e. The summed E-state index contributed by atoms with van der Waals surface area (Å²) in [4.78, 5) is 4.34. The van der Waals surface area contributed by atoms with Crippen molar-refractivity contribution >= 4 is 15.5 Å². The van der Waals surface area contributed by atoms with Gasteiger partial charge in [-0.05, 0) is 47.1 Å². The summed E-state index contributed by atoms with van der Waals surface area (Å²) in [5, 5.41) is 0. The van der Waals surface area contributed by atoms with Crippen molar-refractivity contribution in [2.75, 3.05) is 6.54 Å². The Kier molecular flexibility index (Phi) is 6.25. The van der Waals surface area contributed by atoms with Gasteiger partial charge < -0.3 is 4.43 Å². The quantitative estimate of drug-likeness (QED) is 0.379. The van der Waals surface area contributed by atoms with E-state index in [0.29, 0.717) is 0 Å². The SMILES string of the molecule is CC(C)=NCCC[SiH2]OC(C)(C)C. The standard InChI is InChI=1S/C10H23NOSi/c1-9(2)11-7-6-8-13-12-10(3,4)5/h6-8,13H2,1-5H3. The number of aliphatic imine (C=N–C) groups is 1. The highest BCUT2D eigenvalue weighted by Gasteiger charge is 2.08. The molecule has 0 aromatic carbocycles. The Labute approximate surface area is 84.7 Å². The van der Waals surface area contributed by atoms with Crippen molar-refractivity contribution in [3.63, 3.8) is 0 Å². The van der Waals surface area contributed by atoms with Crippen molar-refractivity contribution in [3.05, 3.63) is 0 Å². The first-order chi connectivity index (χ1) is 5.92. The average Bonchev–Trinajstić information content (AvgIpc) is 1.93. The molecule has 0 N–H and O–H groups in total. The van der Waals surface area contributed by atoms with Crippen molar-refractivity contribution in [1.82, 2.24) is 0 Å². The van der Waals surface area contributed by atoms with E-state index in [0.717, 1.165) is 6.54 Å². The molecule has 0 spiro atoms. The van der Waals surface area contributed by atoms with E-state index in [1.807, 2.05) is 13.8 Å². The smallest absolute Gasteiger partial charge is 0.162 e. The summed E-state index contributed by atoms with van der Waals surface area (Å²) in [6, 6.07) is 1.24. The monoisotopic (exact) mass is 201 g/mol. The van der Waals surface area contributed by atoms with Crippen LogP contribution in [0.15, 0.2) is 4.99 Å². The van der Waals surface area contributed by atoms with E-state index in [4.69, 9.17) is 4.43 Å². The van der Waals surface area contributed by atoms with Gasteiger partial charge >= 0.3 is 0 Å². The van der Waals surface area contributed by atoms with Gasteiger partial charge in [-0.1, -0.05) is 0 Å². The Morgan fingerprint density at radius 1 is 1.31 bits per heavy atom. The van der Waals surface area contributed by atoms with Crippen LogP contribution in [0.25, 0.3) is 0 Å². The van der Waals surface area contributed by atoms with Crippen LogP contribution >= 0.6 is 0 Å². The van der Waals surface area contributed by atoms with Crippen LogP contribution in [0, 0.1) is 0 Å². The van der Waals surface area contributed by atoms with Gasteiger partial charge in [-0.3, -0.25) is 4.99 Å². The number of hydrogen-bond donors (Lipinski definition) is 0. The molecule has 0 saturated carbocycles. The minimum absolute atomic E-state index is 0.0656. The summed E-state index contributed by atoms with van der Waals surface area (Å²) in [5.74, 6) is 0. The van der Waals surface area contributed by atoms with Crippen LogP contribution in [0.4, 0.5) is 0 Å². The van der Waals surface area contributed by atoms with E-state index >= 15 is 0 Å². The second-order valence-corrected chi connectivity index (χ2v) is 5.90. The van der Waals surface area contributed by atoms with E-state index in [9.17, 15) is 0 Å². The first kappa shape index (κ1) is 12.8. The zero-order valence-corrected chi connectivity index (χ0v) is 11.1. The van der Waals surface area contributed by atoms with E-state index in [-0.39, 0.29) is 15.4 Å². The fourth-order valence-corrected chi connectivity index (χ4v) is 2.08. The lowest BCUT2D eigenvalue weighted by Crippen LogP contribution is -2.21. The molecule has 0 rings (SSSR count). The van der Waals surface area contributed by atoms with Gasteiger partial charge in [-0.2, -0.15) is 0 Å². The predicted molar refractivity (Wildman–Crippen MR) is 62.5 cm³/mol. The molecule has 0 bridgehead atoms. The van der Waals surface area contributed by atoms with Crippen molar-refractivity contribution in [2.45, 2.75) is 52.7 Å². The molecule has 13 heavy (non-hydrogen) atoms. The zero-order valence-electron chi connectivity index (χ0n) is 9.68. The molecule has 0 amide bonds. The van der Waals surface area contributed by atoms with Crippen LogP contribution < -0.4 is 0 Å². The normalized spacial score (nSPS) is 12.4. The van der Waals surface area contributed by atoms with Gasteiger partial charge in [-0.15, -0.1) is 0 Å². The second kappa shape index (κ2) is 6.32. The minimum atomic E-state index is -0.307. The van der Waals surface area contributed by atoms with Crippen LogP contribution in [0.5, 0.6) is 0 Å². The highest BCUT2D eigenvalue weighted by atomic mass is 28.2. The molecule has 0 aromatic rings. The second-order valence-electron chi connectivity index (χ2n) is 4.50. The molecule has 0 unspecified atom stereocenters. The zero-order chi connectivity index (χ0) is 10.3. The third-order valence-corrected chi connectivity index (χ3v) is 3.37. The van der Waals surface area contributed by atoms with E-state index < -0.39 is 0 Å². The topological polar surface area (TPSA) is 21.6 Å². The molecular formula is C10H23NOSi. The van der Waals surface area contributed by atoms with Gasteiger partial charge in [0.15, 0.2) is 9.76 Å². The summed E-state index contributed by atoms with van der Waals surface area (Å²) in [6.45, 7) is 11.4.